The molecule has 2 aromatic carbocycles. The van der Waals surface area contributed by atoms with Gasteiger partial charge in [-0.2, -0.15) is 13.2 Å². The van der Waals surface area contributed by atoms with Crippen molar-refractivity contribution in [1.82, 2.24) is 15.1 Å². The van der Waals surface area contributed by atoms with Crippen LogP contribution in [0.4, 0.5) is 18.0 Å². The lowest BCUT2D eigenvalue weighted by Gasteiger charge is -2.62. The first-order valence-electron chi connectivity index (χ1n) is 13.3. The number of aryl methyl sites for hydroxylation is 1. The van der Waals surface area contributed by atoms with Gasteiger partial charge in [0.05, 0.1) is 18.1 Å². The van der Waals surface area contributed by atoms with E-state index >= 15 is 13.2 Å². The van der Waals surface area contributed by atoms with Gasteiger partial charge in [-0.25, -0.2) is 4.79 Å². The van der Waals surface area contributed by atoms with Crippen molar-refractivity contribution in [3.05, 3.63) is 71.3 Å². The van der Waals surface area contributed by atoms with Crippen LogP contribution in [0.25, 0.3) is 0 Å². The van der Waals surface area contributed by atoms with Gasteiger partial charge in [-0.1, -0.05) is 54.6 Å². The molecule has 3 atom stereocenters. The lowest BCUT2D eigenvalue weighted by atomic mass is 9.55. The lowest BCUT2D eigenvalue weighted by Crippen LogP contribution is -2.78. The molecule has 2 saturated heterocycles. The molecule has 218 valence electrons. The number of hydrogen-bond acceptors (Lipinski definition) is 5. The molecule has 2 aliphatic heterocycles. The Morgan fingerprint density at radius 2 is 1.60 bits per heavy atom. The Morgan fingerprint density at radius 3 is 2.12 bits per heavy atom. The van der Waals surface area contributed by atoms with E-state index in [1.54, 1.807) is 31.2 Å². The molecule has 40 heavy (non-hydrogen) atoms. The summed E-state index contributed by atoms with van der Waals surface area (Å²) in [5, 5.41) is 33.4. The highest BCUT2D eigenvalue weighted by Crippen LogP contribution is 2.63. The molecule has 11 heteroatoms. The number of halogens is 3. The summed E-state index contributed by atoms with van der Waals surface area (Å²) in [6, 6.07) is 11.4. The number of amides is 3. The molecule has 3 unspecified atom stereocenters. The van der Waals surface area contributed by atoms with E-state index < -0.39 is 60.3 Å². The van der Waals surface area contributed by atoms with Gasteiger partial charge in [0.2, 0.25) is 5.91 Å². The van der Waals surface area contributed by atoms with Crippen LogP contribution in [0.5, 0.6) is 0 Å². The van der Waals surface area contributed by atoms with Gasteiger partial charge in [0.15, 0.2) is 0 Å². The minimum Gasteiger partial charge on any atom is -0.396 e. The van der Waals surface area contributed by atoms with E-state index in [2.05, 4.69) is 5.32 Å². The second-order valence-corrected chi connectivity index (χ2v) is 10.7. The molecular formula is C29H36F3N3O5. The van der Waals surface area contributed by atoms with Gasteiger partial charge in [0.1, 0.15) is 11.0 Å². The van der Waals surface area contributed by atoms with E-state index in [9.17, 15) is 24.9 Å². The zero-order valence-corrected chi connectivity index (χ0v) is 22.6. The van der Waals surface area contributed by atoms with Crippen LogP contribution in [0, 0.1) is 12.3 Å². The number of benzene rings is 2. The second-order valence-electron chi connectivity index (χ2n) is 10.7. The maximum absolute atomic E-state index is 16.0. The third kappa shape index (κ3) is 4.09. The number of alkyl halides is 3. The predicted molar refractivity (Wildman–Crippen MR) is 141 cm³/mol. The van der Waals surface area contributed by atoms with Crippen LogP contribution < -0.4 is 5.32 Å². The van der Waals surface area contributed by atoms with E-state index in [1.165, 1.54) is 42.3 Å². The highest BCUT2D eigenvalue weighted by Gasteiger charge is 2.77. The number of carbonyl (C=O) groups is 2. The highest BCUT2D eigenvalue weighted by molar-refractivity contribution is 5.87. The molecule has 8 nitrogen and oxygen atoms in total. The maximum Gasteiger partial charge on any atom is 0.403 e. The molecule has 0 aromatic heterocycles. The zero-order chi connectivity index (χ0) is 29.3. The van der Waals surface area contributed by atoms with Gasteiger partial charge in [0, 0.05) is 33.4 Å². The first kappa shape index (κ1) is 29.8. The number of urea groups is 1. The quantitative estimate of drug-likeness (QED) is 0.395. The standard InChI is InChI=1S/C29H36F3N3O5/c1-20-8-6-7-11-22(20)28(27(19-38,29(30,31)32)21-9-4-3-5-10-21)23-18-26(12-16-36,13-17-37)24(39)34(23)14-15-35(28)25(40)33-2/h3-11,23,36-38H,12-19H2,1-2H3,(H,33,40). The van der Waals surface area contributed by atoms with E-state index in [0.29, 0.717) is 5.56 Å². The largest absolute Gasteiger partial charge is 0.403 e. The average Bonchev–Trinajstić information content (AvgIpc) is 3.21. The Hall–Kier alpha value is -3.15. The van der Waals surface area contributed by atoms with Crippen molar-refractivity contribution >= 4 is 11.9 Å². The molecule has 0 bridgehead atoms. The number of carbonyl (C=O) groups excluding carboxylic acids is 2. The van der Waals surface area contributed by atoms with Gasteiger partial charge in [-0.15, -0.1) is 0 Å². The van der Waals surface area contributed by atoms with Crippen LogP contribution >= 0.6 is 0 Å². The first-order chi connectivity index (χ1) is 19.0. The van der Waals surface area contributed by atoms with E-state index in [4.69, 9.17) is 0 Å². The van der Waals surface area contributed by atoms with Crippen molar-refractivity contribution in [1.29, 1.82) is 0 Å². The van der Waals surface area contributed by atoms with Crippen molar-refractivity contribution in [3.63, 3.8) is 0 Å². The van der Waals surface area contributed by atoms with Crippen LogP contribution in [-0.2, 0) is 15.7 Å². The zero-order valence-electron chi connectivity index (χ0n) is 22.6. The fraction of sp³-hybridized carbons (Fsp3) is 0.517. The van der Waals surface area contributed by atoms with Crippen LogP contribution in [0.1, 0.15) is 36.0 Å². The Morgan fingerprint density at radius 1 is 1.00 bits per heavy atom. The Balaban J connectivity index is 2.22. The predicted octanol–water partition coefficient (Wildman–Crippen LogP) is 2.69. The number of rotatable bonds is 8. The van der Waals surface area contributed by atoms with Crippen molar-refractivity contribution < 1.29 is 38.1 Å². The number of piperazine rings is 1. The third-order valence-electron chi connectivity index (χ3n) is 8.98. The van der Waals surface area contributed by atoms with Crippen LogP contribution in [0.15, 0.2) is 54.6 Å². The molecule has 2 fully saturated rings. The number of hydrogen-bond donors (Lipinski definition) is 4. The monoisotopic (exact) mass is 563 g/mol. The van der Waals surface area contributed by atoms with Gasteiger partial charge in [-0.05, 0) is 42.9 Å². The first-order valence-corrected chi connectivity index (χ1v) is 13.3. The van der Waals surface area contributed by atoms with Gasteiger partial charge >= 0.3 is 12.2 Å². The summed E-state index contributed by atoms with van der Waals surface area (Å²) < 4.78 is 48.0. The Kier molecular flexibility index (Phi) is 8.22. The summed E-state index contributed by atoms with van der Waals surface area (Å²) in [7, 11) is 1.33. The number of fused-ring (bicyclic) bond motifs is 1. The smallest absolute Gasteiger partial charge is 0.396 e. The van der Waals surface area contributed by atoms with Gasteiger partial charge in [-0.3, -0.25) is 4.79 Å². The molecule has 0 spiro atoms. The van der Waals surface area contributed by atoms with E-state index in [1.807, 2.05) is 0 Å². The number of nitrogens with one attached hydrogen (secondary N) is 1. The summed E-state index contributed by atoms with van der Waals surface area (Å²) in [6.45, 7) is -0.870. The molecule has 4 N–H and O–H groups in total. The minimum atomic E-state index is -5.11. The SMILES string of the molecule is CNC(=O)N1CCN2C(=O)C(CCO)(CCO)CC2C1(c1ccccc1C)C(CO)(c1ccccc1)C(F)(F)F. The molecular weight excluding hydrogens is 527 g/mol. The summed E-state index contributed by atoms with van der Waals surface area (Å²) >= 11 is 0. The van der Waals surface area contributed by atoms with Crippen molar-refractivity contribution in [3.8, 4) is 0 Å². The second kappa shape index (κ2) is 11.0. The molecule has 4 rings (SSSR count). The molecule has 0 aliphatic carbocycles. The van der Waals surface area contributed by atoms with E-state index in [-0.39, 0.29) is 43.5 Å². The van der Waals surface area contributed by atoms with Crippen molar-refractivity contribution in [2.24, 2.45) is 5.41 Å². The summed E-state index contributed by atoms with van der Waals surface area (Å²) in [6.07, 6.45) is -5.40. The molecule has 2 aliphatic rings. The Labute approximate surface area is 231 Å². The number of aliphatic hydroxyl groups is 3. The topological polar surface area (TPSA) is 113 Å². The minimum absolute atomic E-state index is 0.0443. The Bertz CT molecular complexity index is 1220. The molecule has 3 amide bonds. The summed E-state index contributed by atoms with van der Waals surface area (Å²) in [5.74, 6) is -0.475. The van der Waals surface area contributed by atoms with E-state index in [0.717, 1.165) is 4.90 Å². The van der Waals surface area contributed by atoms with Gasteiger partial charge in [0.25, 0.3) is 0 Å². The molecule has 2 heterocycles. The normalized spacial score (nSPS) is 24.0. The van der Waals surface area contributed by atoms with Crippen LogP contribution in [0.2, 0.25) is 0 Å². The summed E-state index contributed by atoms with van der Waals surface area (Å²) in [5.41, 5.74) is -6.39. The lowest BCUT2D eigenvalue weighted by molar-refractivity contribution is -0.255. The van der Waals surface area contributed by atoms with Crippen molar-refractivity contribution in [2.75, 3.05) is 40.0 Å². The molecule has 2 aromatic rings. The number of aliphatic hydroxyl groups excluding tert-OH is 3. The fourth-order valence-electron chi connectivity index (χ4n) is 7.27. The fourth-order valence-corrected chi connectivity index (χ4v) is 7.27. The third-order valence-corrected chi connectivity index (χ3v) is 8.98. The van der Waals surface area contributed by atoms with Crippen molar-refractivity contribution in [2.45, 2.75) is 49.4 Å². The average molecular weight is 564 g/mol. The highest BCUT2D eigenvalue weighted by atomic mass is 19.4. The van der Waals surface area contributed by atoms with Crippen LogP contribution in [0.3, 0.4) is 0 Å². The summed E-state index contributed by atoms with van der Waals surface area (Å²) in [4.78, 5) is 30.2. The molecule has 0 saturated carbocycles. The molecule has 0 radical (unpaired) electrons. The number of nitrogens with zero attached hydrogens (tertiary/aromatic N) is 2. The maximum atomic E-state index is 16.0. The van der Waals surface area contributed by atoms with Crippen LogP contribution in [-0.4, -0.2) is 89.2 Å². The van der Waals surface area contributed by atoms with Gasteiger partial charge < -0.3 is 30.4 Å².